The molecule has 0 amide bonds. The van der Waals surface area contributed by atoms with Crippen molar-refractivity contribution in [1.82, 2.24) is 9.66 Å². The van der Waals surface area contributed by atoms with Crippen molar-refractivity contribution in [2.24, 2.45) is 5.10 Å². The lowest BCUT2D eigenvalue weighted by atomic mass is 10.2. The van der Waals surface area contributed by atoms with Gasteiger partial charge in [-0.2, -0.15) is 15.0 Å². The lowest BCUT2D eigenvalue weighted by Gasteiger charge is -2.09. The summed E-state index contributed by atoms with van der Waals surface area (Å²) in [4.78, 5) is 17.6. The van der Waals surface area contributed by atoms with Crippen LogP contribution in [0.5, 0.6) is 5.75 Å². The van der Waals surface area contributed by atoms with Gasteiger partial charge in [0.05, 0.1) is 21.6 Å². The van der Waals surface area contributed by atoms with Gasteiger partial charge in [-0.25, -0.2) is 4.98 Å². The predicted octanol–water partition coefficient (Wildman–Crippen LogP) is 4.66. The Morgan fingerprint density at radius 3 is 2.82 bits per heavy atom. The summed E-state index contributed by atoms with van der Waals surface area (Å²) in [7, 11) is 0. The number of rotatable bonds is 6. The van der Waals surface area contributed by atoms with Gasteiger partial charge in [-0.15, -0.1) is 0 Å². The molecule has 3 aromatic rings. The molecule has 0 saturated heterocycles. The van der Waals surface area contributed by atoms with Crippen LogP contribution in [0.2, 0.25) is 0 Å². The molecule has 0 aliphatic carbocycles. The van der Waals surface area contributed by atoms with Crippen molar-refractivity contribution in [3.8, 4) is 11.8 Å². The molecule has 2 aromatic carbocycles. The maximum Gasteiger partial charge on any atom is 0.282 e. The first-order valence-electron chi connectivity index (χ1n) is 8.58. The average Bonchev–Trinajstić information content (AvgIpc) is 2.68. The molecule has 8 heteroatoms. The van der Waals surface area contributed by atoms with E-state index >= 15 is 0 Å². The molecule has 28 heavy (non-hydrogen) atoms. The second-order valence-electron chi connectivity index (χ2n) is 5.94. The van der Waals surface area contributed by atoms with Crippen LogP contribution in [0.3, 0.4) is 0 Å². The van der Waals surface area contributed by atoms with Gasteiger partial charge in [-0.05, 0) is 64.3 Å². The van der Waals surface area contributed by atoms with Crippen molar-refractivity contribution >= 4 is 49.0 Å². The molecule has 0 bridgehead atoms. The highest BCUT2D eigenvalue weighted by Crippen LogP contribution is 2.25. The summed E-state index contributed by atoms with van der Waals surface area (Å²) < 4.78 is 8.18. The lowest BCUT2D eigenvalue weighted by Crippen LogP contribution is -2.22. The quantitative estimate of drug-likeness (QED) is 0.458. The summed E-state index contributed by atoms with van der Waals surface area (Å²) in [6.07, 6.45) is 3.09. The van der Waals surface area contributed by atoms with Crippen LogP contribution < -0.4 is 10.3 Å². The van der Waals surface area contributed by atoms with Crippen molar-refractivity contribution in [3.63, 3.8) is 0 Å². The number of halogens is 2. The molecule has 142 valence electrons. The number of fused-ring (bicyclic) bond motifs is 1. The maximum absolute atomic E-state index is 13.0. The Kier molecular flexibility index (Phi) is 6.60. The second kappa shape index (κ2) is 9.13. The molecule has 0 saturated carbocycles. The Hall–Kier alpha value is -2.50. The van der Waals surface area contributed by atoms with E-state index in [0.29, 0.717) is 33.4 Å². The first kappa shape index (κ1) is 20.2. The number of aromatic nitrogens is 2. The number of hydrogen-bond donors (Lipinski definition) is 0. The zero-order valence-electron chi connectivity index (χ0n) is 15.0. The van der Waals surface area contributed by atoms with Crippen molar-refractivity contribution in [1.29, 1.82) is 5.26 Å². The molecule has 1 aromatic heterocycles. The summed E-state index contributed by atoms with van der Waals surface area (Å²) >= 11 is 6.81. The SMILES string of the molecule is CCCc1nc2ccc(Br)cc2c(=O)n1N=Cc1ccc(OCC#N)c(Br)c1. The highest BCUT2D eigenvalue weighted by atomic mass is 79.9. The largest absolute Gasteiger partial charge is 0.478 e. The van der Waals surface area contributed by atoms with Crippen molar-refractivity contribution in [2.45, 2.75) is 19.8 Å². The van der Waals surface area contributed by atoms with Gasteiger partial charge in [0.15, 0.2) is 6.61 Å². The van der Waals surface area contributed by atoms with Crippen LogP contribution in [-0.2, 0) is 6.42 Å². The molecule has 0 aliphatic rings. The third-order valence-electron chi connectivity index (χ3n) is 3.92. The Labute approximate surface area is 178 Å². The van der Waals surface area contributed by atoms with E-state index in [1.807, 2.05) is 31.2 Å². The Bertz CT molecular complexity index is 1150. The fraction of sp³-hybridized carbons (Fsp3) is 0.200. The van der Waals surface area contributed by atoms with E-state index < -0.39 is 0 Å². The smallest absolute Gasteiger partial charge is 0.282 e. The third-order valence-corrected chi connectivity index (χ3v) is 5.03. The van der Waals surface area contributed by atoms with Gasteiger partial charge in [0.1, 0.15) is 17.6 Å². The van der Waals surface area contributed by atoms with E-state index in [1.165, 1.54) is 4.68 Å². The van der Waals surface area contributed by atoms with Crippen LogP contribution in [0.4, 0.5) is 0 Å². The Morgan fingerprint density at radius 2 is 2.11 bits per heavy atom. The van der Waals surface area contributed by atoms with Crippen molar-refractivity contribution in [3.05, 3.63) is 67.1 Å². The standard InChI is InChI=1S/C20H16Br2N4O2/c1-2-3-19-25-17-6-5-14(21)11-15(17)20(27)26(19)24-12-13-4-7-18(16(22)10-13)28-9-8-23/h4-7,10-12H,2-3,9H2,1H3. The summed E-state index contributed by atoms with van der Waals surface area (Å²) in [5.41, 5.74) is 1.23. The summed E-state index contributed by atoms with van der Waals surface area (Å²) in [5, 5.41) is 13.5. The molecule has 0 fully saturated rings. The zero-order chi connectivity index (χ0) is 20.1. The normalized spacial score (nSPS) is 11.1. The minimum atomic E-state index is -0.209. The Morgan fingerprint density at radius 1 is 1.29 bits per heavy atom. The summed E-state index contributed by atoms with van der Waals surface area (Å²) in [6.45, 7) is 2.00. The van der Waals surface area contributed by atoms with Gasteiger partial charge < -0.3 is 4.74 Å². The fourth-order valence-electron chi connectivity index (χ4n) is 2.65. The van der Waals surface area contributed by atoms with E-state index in [0.717, 1.165) is 16.5 Å². The minimum Gasteiger partial charge on any atom is -0.478 e. The third kappa shape index (κ3) is 4.49. The van der Waals surface area contributed by atoms with Crippen LogP contribution in [0.1, 0.15) is 24.7 Å². The average molecular weight is 504 g/mol. The topological polar surface area (TPSA) is 80.3 Å². The number of benzene rings is 2. The molecule has 0 spiro atoms. The number of nitrogens with zero attached hydrogens (tertiary/aromatic N) is 4. The van der Waals surface area contributed by atoms with Crippen LogP contribution in [0.15, 0.2) is 55.2 Å². The van der Waals surface area contributed by atoms with Crippen LogP contribution in [-0.4, -0.2) is 22.5 Å². The van der Waals surface area contributed by atoms with E-state index in [1.54, 1.807) is 24.4 Å². The highest BCUT2D eigenvalue weighted by molar-refractivity contribution is 9.10. The molecule has 0 unspecified atom stereocenters. The number of nitriles is 1. The fourth-order valence-corrected chi connectivity index (χ4v) is 3.52. The van der Waals surface area contributed by atoms with E-state index in [2.05, 4.69) is 41.9 Å². The van der Waals surface area contributed by atoms with Gasteiger partial charge >= 0.3 is 0 Å². The molecular weight excluding hydrogens is 488 g/mol. The van der Waals surface area contributed by atoms with Crippen LogP contribution in [0.25, 0.3) is 10.9 Å². The molecule has 6 nitrogen and oxygen atoms in total. The van der Waals surface area contributed by atoms with Gasteiger partial charge in [0, 0.05) is 10.9 Å². The molecule has 3 rings (SSSR count). The minimum absolute atomic E-state index is 0.0277. The van der Waals surface area contributed by atoms with Crippen LogP contribution in [0, 0.1) is 11.3 Å². The maximum atomic E-state index is 13.0. The van der Waals surface area contributed by atoms with Crippen molar-refractivity contribution < 1.29 is 4.74 Å². The Balaban J connectivity index is 2.02. The zero-order valence-corrected chi connectivity index (χ0v) is 18.2. The second-order valence-corrected chi connectivity index (χ2v) is 7.71. The molecular formula is C20H16Br2N4O2. The summed E-state index contributed by atoms with van der Waals surface area (Å²) in [5.74, 6) is 1.19. The summed E-state index contributed by atoms with van der Waals surface area (Å²) in [6, 6.07) is 12.7. The predicted molar refractivity (Wildman–Crippen MR) is 116 cm³/mol. The molecule has 0 radical (unpaired) electrons. The van der Waals surface area contributed by atoms with Crippen LogP contribution >= 0.6 is 31.9 Å². The van der Waals surface area contributed by atoms with E-state index in [9.17, 15) is 4.79 Å². The molecule has 0 aliphatic heterocycles. The van der Waals surface area contributed by atoms with Crippen molar-refractivity contribution in [2.75, 3.05) is 6.61 Å². The van der Waals surface area contributed by atoms with Gasteiger partial charge in [-0.3, -0.25) is 4.79 Å². The first-order chi connectivity index (χ1) is 13.5. The number of aryl methyl sites for hydroxylation is 1. The highest BCUT2D eigenvalue weighted by Gasteiger charge is 2.10. The van der Waals surface area contributed by atoms with Gasteiger partial charge in [0.2, 0.25) is 0 Å². The number of ether oxygens (including phenoxy) is 1. The lowest BCUT2D eigenvalue weighted by molar-refractivity contribution is 0.366. The van der Waals surface area contributed by atoms with Gasteiger partial charge in [-0.1, -0.05) is 22.9 Å². The van der Waals surface area contributed by atoms with E-state index in [4.69, 9.17) is 10.00 Å². The molecule has 1 heterocycles. The van der Waals surface area contributed by atoms with E-state index in [-0.39, 0.29) is 12.2 Å². The monoisotopic (exact) mass is 502 g/mol. The first-order valence-corrected chi connectivity index (χ1v) is 10.2. The number of hydrogen-bond acceptors (Lipinski definition) is 5. The molecule has 0 atom stereocenters. The van der Waals surface area contributed by atoms with Gasteiger partial charge in [0.25, 0.3) is 5.56 Å². The molecule has 0 N–H and O–H groups in total.